The fraction of sp³-hybridized carbons (Fsp3) is 0.200. The molecule has 1 aliphatic heterocycles. The Morgan fingerprint density at radius 3 is 2.89 bits per heavy atom. The van der Waals surface area contributed by atoms with Crippen molar-refractivity contribution in [3.63, 3.8) is 0 Å². The quantitative estimate of drug-likeness (QED) is 0.826. The maximum Gasteiger partial charge on any atom is 0.142 e. The van der Waals surface area contributed by atoms with Crippen molar-refractivity contribution >= 4 is 17.3 Å². The highest BCUT2D eigenvalue weighted by Gasteiger charge is 2.18. The molecule has 0 aromatic heterocycles. The van der Waals surface area contributed by atoms with Gasteiger partial charge < -0.3 is 9.64 Å². The first kappa shape index (κ1) is 12.3. The Hall–Kier alpha value is -1.74. The zero-order valence-corrected chi connectivity index (χ0v) is 11.0. The highest BCUT2D eigenvalue weighted by atomic mass is 35.5. The van der Waals surface area contributed by atoms with E-state index < -0.39 is 0 Å². The molecular formula is C15H13ClFNO. The summed E-state index contributed by atoms with van der Waals surface area (Å²) < 4.78 is 19.4. The molecule has 2 nitrogen and oxygen atoms in total. The van der Waals surface area contributed by atoms with Crippen LogP contribution >= 0.6 is 11.6 Å². The number of para-hydroxylation sites is 2. The van der Waals surface area contributed by atoms with Crippen LogP contribution in [0.1, 0.15) is 5.56 Å². The summed E-state index contributed by atoms with van der Waals surface area (Å²) in [6.07, 6.45) is 0. The van der Waals surface area contributed by atoms with E-state index in [0.29, 0.717) is 23.7 Å². The molecule has 0 fully saturated rings. The van der Waals surface area contributed by atoms with Crippen molar-refractivity contribution in [1.82, 2.24) is 0 Å². The minimum atomic E-state index is -0.267. The first-order valence-corrected chi connectivity index (χ1v) is 6.52. The van der Waals surface area contributed by atoms with E-state index in [1.165, 1.54) is 6.07 Å². The fourth-order valence-electron chi connectivity index (χ4n) is 2.25. The molecule has 19 heavy (non-hydrogen) atoms. The molecule has 0 unspecified atom stereocenters. The van der Waals surface area contributed by atoms with Crippen LogP contribution < -0.4 is 9.64 Å². The highest BCUT2D eigenvalue weighted by Crippen LogP contribution is 2.32. The van der Waals surface area contributed by atoms with Gasteiger partial charge in [-0.3, -0.25) is 0 Å². The molecule has 0 radical (unpaired) electrons. The van der Waals surface area contributed by atoms with E-state index in [4.69, 9.17) is 16.3 Å². The number of ether oxygens (including phenoxy) is 1. The van der Waals surface area contributed by atoms with E-state index >= 15 is 0 Å². The van der Waals surface area contributed by atoms with Gasteiger partial charge in [-0.05, 0) is 24.3 Å². The van der Waals surface area contributed by atoms with Crippen molar-refractivity contribution in [2.45, 2.75) is 6.54 Å². The van der Waals surface area contributed by atoms with Gasteiger partial charge in [0.2, 0.25) is 0 Å². The Morgan fingerprint density at radius 1 is 1.21 bits per heavy atom. The summed E-state index contributed by atoms with van der Waals surface area (Å²) in [5.74, 6) is 0.583. The molecule has 0 atom stereocenters. The van der Waals surface area contributed by atoms with Crippen molar-refractivity contribution in [2.75, 3.05) is 18.1 Å². The van der Waals surface area contributed by atoms with Crippen molar-refractivity contribution in [3.05, 3.63) is 58.9 Å². The van der Waals surface area contributed by atoms with Crippen LogP contribution in [0, 0.1) is 5.82 Å². The van der Waals surface area contributed by atoms with Crippen LogP contribution in [0.3, 0.4) is 0 Å². The van der Waals surface area contributed by atoms with Gasteiger partial charge in [-0.2, -0.15) is 0 Å². The van der Waals surface area contributed by atoms with E-state index in [2.05, 4.69) is 4.90 Å². The van der Waals surface area contributed by atoms with Gasteiger partial charge in [0.25, 0.3) is 0 Å². The van der Waals surface area contributed by atoms with Crippen LogP contribution in [-0.4, -0.2) is 13.2 Å². The van der Waals surface area contributed by atoms with Crippen LogP contribution in [0.4, 0.5) is 10.1 Å². The largest absolute Gasteiger partial charge is 0.490 e. The molecule has 3 rings (SSSR count). The minimum Gasteiger partial charge on any atom is -0.490 e. The van der Waals surface area contributed by atoms with Crippen LogP contribution in [0.25, 0.3) is 0 Å². The normalized spacial score (nSPS) is 13.9. The average Bonchev–Trinajstić information content (AvgIpc) is 2.42. The van der Waals surface area contributed by atoms with Crippen molar-refractivity contribution < 1.29 is 9.13 Å². The van der Waals surface area contributed by atoms with Crippen LogP contribution in [0.2, 0.25) is 5.02 Å². The zero-order valence-electron chi connectivity index (χ0n) is 10.3. The van der Waals surface area contributed by atoms with Crippen LogP contribution in [0.5, 0.6) is 5.75 Å². The Bertz CT molecular complexity index is 602. The zero-order chi connectivity index (χ0) is 13.2. The molecule has 0 N–H and O–H groups in total. The lowest BCUT2D eigenvalue weighted by atomic mass is 10.1. The number of rotatable bonds is 2. The number of fused-ring (bicyclic) bond motifs is 1. The van der Waals surface area contributed by atoms with E-state index in [9.17, 15) is 4.39 Å². The third kappa shape index (κ3) is 2.51. The van der Waals surface area contributed by atoms with Gasteiger partial charge in [0, 0.05) is 17.1 Å². The van der Waals surface area contributed by atoms with Gasteiger partial charge in [0.05, 0.1) is 12.2 Å². The average molecular weight is 278 g/mol. The molecule has 0 bridgehead atoms. The summed E-state index contributed by atoms with van der Waals surface area (Å²) in [7, 11) is 0. The maximum absolute atomic E-state index is 13.8. The third-order valence-electron chi connectivity index (χ3n) is 3.20. The van der Waals surface area contributed by atoms with Gasteiger partial charge in [-0.25, -0.2) is 4.39 Å². The molecular weight excluding hydrogens is 265 g/mol. The summed E-state index contributed by atoms with van der Waals surface area (Å²) in [6.45, 7) is 1.88. The summed E-state index contributed by atoms with van der Waals surface area (Å²) in [6, 6.07) is 12.6. The van der Waals surface area contributed by atoms with Crippen LogP contribution in [-0.2, 0) is 6.54 Å². The third-order valence-corrected chi connectivity index (χ3v) is 3.44. The predicted molar refractivity (Wildman–Crippen MR) is 74.4 cm³/mol. The second kappa shape index (κ2) is 5.10. The lowest BCUT2D eigenvalue weighted by Crippen LogP contribution is -2.32. The first-order chi connectivity index (χ1) is 9.24. The molecule has 1 aliphatic rings. The van der Waals surface area contributed by atoms with Gasteiger partial charge in [-0.1, -0.05) is 29.8 Å². The molecule has 2 aromatic carbocycles. The molecule has 0 spiro atoms. The van der Waals surface area contributed by atoms with Gasteiger partial charge >= 0.3 is 0 Å². The van der Waals surface area contributed by atoms with E-state index in [1.54, 1.807) is 12.1 Å². The topological polar surface area (TPSA) is 12.5 Å². The molecule has 0 saturated heterocycles. The van der Waals surface area contributed by atoms with Crippen molar-refractivity contribution in [1.29, 1.82) is 0 Å². The monoisotopic (exact) mass is 277 g/mol. The first-order valence-electron chi connectivity index (χ1n) is 6.15. The molecule has 4 heteroatoms. The fourth-order valence-corrected chi connectivity index (χ4v) is 2.41. The predicted octanol–water partition coefficient (Wildman–Crippen LogP) is 3.88. The van der Waals surface area contributed by atoms with Crippen LogP contribution in [0.15, 0.2) is 42.5 Å². The second-order valence-corrected chi connectivity index (χ2v) is 4.91. The standard InChI is InChI=1S/C15H13ClFNO/c16-12-6-5-11(13(17)9-12)10-18-7-8-19-15-4-2-1-3-14(15)18/h1-6,9H,7-8,10H2. The summed E-state index contributed by atoms with van der Waals surface area (Å²) in [4.78, 5) is 2.12. The Kier molecular flexibility index (Phi) is 3.30. The van der Waals surface area contributed by atoms with Crippen molar-refractivity contribution in [3.8, 4) is 5.75 Å². The van der Waals surface area contributed by atoms with E-state index in [-0.39, 0.29) is 5.82 Å². The second-order valence-electron chi connectivity index (χ2n) is 4.47. The Balaban J connectivity index is 1.88. The molecule has 0 saturated carbocycles. The summed E-state index contributed by atoms with van der Waals surface area (Å²) >= 11 is 5.77. The van der Waals surface area contributed by atoms with E-state index in [0.717, 1.165) is 18.0 Å². The summed E-state index contributed by atoms with van der Waals surface area (Å²) in [5.41, 5.74) is 1.64. The van der Waals surface area contributed by atoms with E-state index in [1.807, 2.05) is 24.3 Å². The lowest BCUT2D eigenvalue weighted by Gasteiger charge is -2.31. The number of hydrogen-bond donors (Lipinski definition) is 0. The van der Waals surface area contributed by atoms with Gasteiger partial charge in [0.1, 0.15) is 18.2 Å². The molecule has 98 valence electrons. The number of nitrogens with zero attached hydrogens (tertiary/aromatic N) is 1. The minimum absolute atomic E-state index is 0.267. The Morgan fingerprint density at radius 2 is 2.05 bits per heavy atom. The molecule has 2 aromatic rings. The number of hydrogen-bond acceptors (Lipinski definition) is 2. The number of anilines is 1. The number of benzene rings is 2. The van der Waals surface area contributed by atoms with Crippen molar-refractivity contribution in [2.24, 2.45) is 0 Å². The smallest absolute Gasteiger partial charge is 0.142 e. The molecule has 0 amide bonds. The Labute approximate surface area is 116 Å². The summed E-state index contributed by atoms with van der Waals surface area (Å²) in [5, 5.41) is 0.420. The molecule has 1 heterocycles. The van der Waals surface area contributed by atoms with Gasteiger partial charge in [0.15, 0.2) is 0 Å². The molecule has 0 aliphatic carbocycles. The SMILES string of the molecule is Fc1cc(Cl)ccc1CN1CCOc2ccccc21. The lowest BCUT2D eigenvalue weighted by molar-refractivity contribution is 0.306. The number of halogens is 2. The highest BCUT2D eigenvalue weighted by molar-refractivity contribution is 6.30. The van der Waals surface area contributed by atoms with Gasteiger partial charge in [-0.15, -0.1) is 0 Å². The maximum atomic E-state index is 13.8.